The van der Waals surface area contributed by atoms with Crippen molar-refractivity contribution in [3.05, 3.63) is 91.4 Å². The first kappa shape index (κ1) is 22.0. The van der Waals surface area contributed by atoms with Crippen molar-refractivity contribution in [3.8, 4) is 11.5 Å². The Morgan fingerprint density at radius 2 is 1.31 bits per heavy atom. The Kier molecular flexibility index (Phi) is 5.98. The lowest BCUT2D eigenvalue weighted by molar-refractivity contribution is 0.455. The summed E-state index contributed by atoms with van der Waals surface area (Å²) in [7, 11) is -5.07. The Morgan fingerprint density at radius 3 is 1.93 bits per heavy atom. The van der Waals surface area contributed by atoms with Crippen LogP contribution in [0.25, 0.3) is 0 Å². The number of rotatable bonds is 4. The summed E-state index contributed by atoms with van der Waals surface area (Å²) in [6.45, 7) is 0. The van der Waals surface area contributed by atoms with E-state index in [0.29, 0.717) is 0 Å². The monoisotopic (exact) mass is 492 g/mol. The van der Waals surface area contributed by atoms with Gasteiger partial charge >= 0.3 is 0 Å². The van der Waals surface area contributed by atoms with Gasteiger partial charge in [-0.05, 0) is 29.8 Å². The number of aromatic hydroxyl groups is 2. The molecule has 0 bridgehead atoms. The minimum Gasteiger partial charge on any atom is -0.506 e. The molecular formula is C19H12Cl4O5S. The molecule has 3 aromatic rings. The van der Waals surface area contributed by atoms with E-state index in [9.17, 15) is 23.2 Å². The van der Waals surface area contributed by atoms with Crippen molar-refractivity contribution in [1.29, 1.82) is 0 Å². The minimum absolute atomic E-state index is 0.0105. The molecule has 3 N–H and O–H groups in total. The van der Waals surface area contributed by atoms with Gasteiger partial charge < -0.3 is 10.2 Å². The van der Waals surface area contributed by atoms with Crippen molar-refractivity contribution in [2.75, 3.05) is 0 Å². The van der Waals surface area contributed by atoms with Crippen molar-refractivity contribution in [2.24, 2.45) is 0 Å². The van der Waals surface area contributed by atoms with Crippen LogP contribution in [0.15, 0.2) is 54.6 Å². The molecule has 0 fully saturated rings. The predicted octanol–water partition coefficient (Wildman–Crippen LogP) is 5.89. The highest BCUT2D eigenvalue weighted by Crippen LogP contribution is 2.52. The molecular weight excluding hydrogens is 482 g/mol. The first-order valence-corrected chi connectivity index (χ1v) is 10.9. The summed E-state index contributed by atoms with van der Waals surface area (Å²) in [6, 6.07) is 11.9. The van der Waals surface area contributed by atoms with Gasteiger partial charge in [0.25, 0.3) is 10.1 Å². The molecule has 0 saturated carbocycles. The fourth-order valence-corrected chi connectivity index (χ4v) is 5.55. The number of hydrogen-bond donors (Lipinski definition) is 3. The van der Waals surface area contributed by atoms with Crippen LogP contribution in [0, 0.1) is 0 Å². The van der Waals surface area contributed by atoms with E-state index in [4.69, 9.17) is 46.4 Å². The van der Waals surface area contributed by atoms with E-state index >= 15 is 0 Å². The maximum atomic E-state index is 13.0. The zero-order valence-corrected chi connectivity index (χ0v) is 18.1. The summed E-state index contributed by atoms with van der Waals surface area (Å²) < 4.78 is 34.1. The van der Waals surface area contributed by atoms with Crippen LogP contribution >= 0.6 is 46.4 Å². The van der Waals surface area contributed by atoms with Gasteiger partial charge in [-0.3, -0.25) is 4.55 Å². The number of phenols is 2. The highest BCUT2D eigenvalue weighted by Gasteiger charge is 2.51. The maximum absolute atomic E-state index is 13.0. The summed E-state index contributed by atoms with van der Waals surface area (Å²) in [6.07, 6.45) is 0. The summed E-state index contributed by atoms with van der Waals surface area (Å²) >= 11 is 24.7. The van der Waals surface area contributed by atoms with Crippen LogP contribution in [-0.4, -0.2) is 23.2 Å². The van der Waals surface area contributed by atoms with Crippen LogP contribution in [-0.2, 0) is 14.9 Å². The predicted molar refractivity (Wildman–Crippen MR) is 114 cm³/mol. The second-order valence-corrected chi connectivity index (χ2v) is 9.20. The Bertz CT molecular complexity index is 1210. The largest absolute Gasteiger partial charge is 0.506 e. The van der Waals surface area contributed by atoms with Crippen molar-refractivity contribution in [3.63, 3.8) is 0 Å². The van der Waals surface area contributed by atoms with Crippen LogP contribution in [0.3, 0.4) is 0 Å². The SMILES string of the molecule is O=S(=O)(O)C(c1cccc(Cl)c1)(c1cccc(O)c1Cl)c1ccc(O)c(Cl)c1Cl. The lowest BCUT2D eigenvalue weighted by Gasteiger charge is -2.34. The fraction of sp³-hybridized carbons (Fsp3) is 0.0526. The van der Waals surface area contributed by atoms with E-state index in [1.54, 1.807) is 0 Å². The molecule has 3 rings (SSSR count). The van der Waals surface area contributed by atoms with E-state index in [1.807, 2.05) is 0 Å². The van der Waals surface area contributed by atoms with Gasteiger partial charge in [-0.2, -0.15) is 8.42 Å². The summed E-state index contributed by atoms with van der Waals surface area (Å²) in [5.41, 5.74) is -0.393. The van der Waals surface area contributed by atoms with E-state index in [0.717, 1.165) is 6.07 Å². The first-order valence-electron chi connectivity index (χ1n) is 7.90. The van der Waals surface area contributed by atoms with E-state index < -0.39 is 26.4 Å². The molecule has 0 amide bonds. The highest BCUT2D eigenvalue weighted by molar-refractivity contribution is 7.87. The molecule has 0 aliphatic rings. The number of phenolic OH excluding ortho intramolecular Hbond substituents is 2. The average Bonchev–Trinajstić information content (AvgIpc) is 2.64. The molecule has 0 saturated heterocycles. The third-order valence-electron chi connectivity index (χ3n) is 4.42. The second kappa shape index (κ2) is 7.87. The molecule has 0 aliphatic heterocycles. The van der Waals surface area contributed by atoms with Crippen molar-refractivity contribution in [1.82, 2.24) is 0 Å². The van der Waals surface area contributed by atoms with Crippen molar-refractivity contribution in [2.45, 2.75) is 4.75 Å². The highest BCUT2D eigenvalue weighted by atomic mass is 35.5. The van der Waals surface area contributed by atoms with Gasteiger partial charge in [-0.25, -0.2) is 0 Å². The van der Waals surface area contributed by atoms with Crippen LogP contribution < -0.4 is 0 Å². The summed E-state index contributed by atoms with van der Waals surface area (Å²) in [5, 5.41) is 19.2. The molecule has 5 nitrogen and oxygen atoms in total. The Labute approximate surface area is 186 Å². The molecule has 0 spiro atoms. The topological polar surface area (TPSA) is 94.8 Å². The van der Waals surface area contributed by atoms with Crippen molar-refractivity contribution < 1.29 is 23.2 Å². The van der Waals surface area contributed by atoms with Gasteiger partial charge in [0.2, 0.25) is 0 Å². The smallest absolute Gasteiger partial charge is 0.283 e. The zero-order valence-electron chi connectivity index (χ0n) is 14.3. The lowest BCUT2D eigenvalue weighted by Crippen LogP contribution is -2.39. The molecule has 0 radical (unpaired) electrons. The molecule has 0 aliphatic carbocycles. The van der Waals surface area contributed by atoms with Gasteiger partial charge in [0.1, 0.15) is 16.5 Å². The standard InChI is InChI=1S/C19H12Cl4O5S/c20-11-4-1-3-10(9-11)19(29(26,27)28,12-5-2-6-14(24)16(12)21)13-7-8-15(25)18(23)17(13)22/h1-9,24-25H,(H,26,27,28). The van der Waals surface area contributed by atoms with Crippen LogP contribution in [0.4, 0.5) is 0 Å². The Morgan fingerprint density at radius 1 is 0.724 bits per heavy atom. The minimum atomic E-state index is -5.07. The molecule has 29 heavy (non-hydrogen) atoms. The molecule has 152 valence electrons. The number of hydrogen-bond acceptors (Lipinski definition) is 4. The van der Waals surface area contributed by atoms with Crippen LogP contribution in [0.2, 0.25) is 20.1 Å². The van der Waals surface area contributed by atoms with E-state index in [-0.39, 0.29) is 36.8 Å². The third-order valence-corrected chi connectivity index (χ3v) is 7.37. The average molecular weight is 494 g/mol. The van der Waals surface area contributed by atoms with Gasteiger partial charge in [-0.1, -0.05) is 76.7 Å². The molecule has 0 heterocycles. The van der Waals surface area contributed by atoms with Gasteiger partial charge in [0.15, 0.2) is 4.75 Å². The summed E-state index contributed by atoms with van der Waals surface area (Å²) in [5.74, 6) is -0.807. The van der Waals surface area contributed by atoms with E-state index in [1.165, 1.54) is 48.5 Å². The number of benzene rings is 3. The Balaban J connectivity index is 2.63. The second-order valence-electron chi connectivity index (χ2n) is 6.07. The molecule has 1 atom stereocenters. The molecule has 0 aromatic heterocycles. The molecule has 10 heteroatoms. The first-order chi connectivity index (χ1) is 13.5. The van der Waals surface area contributed by atoms with Crippen LogP contribution in [0.5, 0.6) is 11.5 Å². The van der Waals surface area contributed by atoms with Gasteiger partial charge in [-0.15, -0.1) is 0 Å². The molecule has 1 unspecified atom stereocenters. The Hall–Kier alpha value is -1.67. The fourth-order valence-electron chi connectivity index (χ4n) is 3.19. The van der Waals surface area contributed by atoms with Crippen molar-refractivity contribution >= 4 is 56.5 Å². The molecule has 3 aromatic carbocycles. The number of halogens is 4. The third kappa shape index (κ3) is 3.54. The van der Waals surface area contributed by atoms with Crippen LogP contribution in [0.1, 0.15) is 16.7 Å². The van der Waals surface area contributed by atoms with E-state index in [2.05, 4.69) is 0 Å². The lowest BCUT2D eigenvalue weighted by atomic mass is 9.83. The zero-order chi connectivity index (χ0) is 21.6. The normalized spacial score (nSPS) is 13.8. The van der Waals surface area contributed by atoms with Gasteiger partial charge in [0, 0.05) is 16.1 Å². The maximum Gasteiger partial charge on any atom is 0.283 e. The van der Waals surface area contributed by atoms with Gasteiger partial charge in [0.05, 0.1) is 10.0 Å². The summed E-state index contributed by atoms with van der Waals surface area (Å²) in [4.78, 5) is 0. The quantitative estimate of drug-likeness (QED) is 0.311.